The highest BCUT2D eigenvalue weighted by molar-refractivity contribution is 8.00. The van der Waals surface area contributed by atoms with Gasteiger partial charge in [0, 0.05) is 12.6 Å². The van der Waals surface area contributed by atoms with E-state index in [2.05, 4.69) is 15.5 Å². The zero-order chi connectivity index (χ0) is 17.9. The largest absolute Gasteiger partial charge is 0.351 e. The molecular weight excluding hydrogens is 326 g/mol. The highest BCUT2D eigenvalue weighted by Crippen LogP contribution is 2.30. The van der Waals surface area contributed by atoms with Crippen LogP contribution in [-0.4, -0.2) is 32.0 Å². The molecule has 0 saturated heterocycles. The standard InChI is InChI=1S/C16H21N5O2S/c1-9(2)12(14(22)18-15(17)23)24-16-20-19-13(21(16)4)11-8-6-5-7-10(11)3/h5-9,12H,1-4H3,(H3,17,18,22,23)/t12-/m1/s1. The van der Waals surface area contributed by atoms with E-state index in [1.165, 1.54) is 11.8 Å². The van der Waals surface area contributed by atoms with Crippen LogP contribution in [-0.2, 0) is 11.8 Å². The lowest BCUT2D eigenvalue weighted by Crippen LogP contribution is -2.42. The van der Waals surface area contributed by atoms with Crippen LogP contribution in [0.15, 0.2) is 29.4 Å². The number of carbonyl (C=O) groups excluding carboxylic acids is 2. The van der Waals surface area contributed by atoms with Gasteiger partial charge in [0.05, 0.1) is 5.25 Å². The lowest BCUT2D eigenvalue weighted by molar-refractivity contribution is -0.120. The Kier molecular flexibility index (Phi) is 5.61. The predicted octanol–water partition coefficient (Wildman–Crippen LogP) is 2.10. The normalized spacial score (nSPS) is 12.2. The van der Waals surface area contributed by atoms with Crippen molar-refractivity contribution in [1.29, 1.82) is 0 Å². The van der Waals surface area contributed by atoms with E-state index in [1.54, 1.807) is 0 Å². The smallest absolute Gasteiger partial charge is 0.318 e. The Morgan fingerprint density at radius 1 is 1.25 bits per heavy atom. The lowest BCUT2D eigenvalue weighted by Gasteiger charge is -2.18. The van der Waals surface area contributed by atoms with E-state index in [9.17, 15) is 9.59 Å². The number of amides is 3. The second-order valence-corrected chi connectivity index (χ2v) is 6.92. The molecule has 3 N–H and O–H groups in total. The van der Waals surface area contributed by atoms with Crippen molar-refractivity contribution >= 4 is 23.7 Å². The third-order valence-electron chi connectivity index (χ3n) is 3.56. The number of benzene rings is 1. The number of hydrogen-bond donors (Lipinski definition) is 2. The molecule has 0 saturated carbocycles. The maximum atomic E-state index is 12.2. The molecule has 128 valence electrons. The predicted molar refractivity (Wildman–Crippen MR) is 93.4 cm³/mol. The number of nitrogens with zero attached hydrogens (tertiary/aromatic N) is 3. The summed E-state index contributed by atoms with van der Waals surface area (Å²) < 4.78 is 1.85. The Labute approximate surface area is 145 Å². The minimum atomic E-state index is -0.857. The molecule has 1 aromatic heterocycles. The van der Waals surface area contributed by atoms with Crippen molar-refractivity contribution in [2.24, 2.45) is 18.7 Å². The molecule has 0 spiro atoms. The maximum Gasteiger partial charge on any atom is 0.318 e. The number of carbonyl (C=O) groups is 2. The molecule has 8 heteroatoms. The Morgan fingerprint density at radius 2 is 1.92 bits per heavy atom. The van der Waals surface area contributed by atoms with E-state index >= 15 is 0 Å². The summed E-state index contributed by atoms with van der Waals surface area (Å²) in [5.41, 5.74) is 7.12. The van der Waals surface area contributed by atoms with Crippen LogP contribution < -0.4 is 11.1 Å². The molecule has 3 amide bonds. The molecule has 1 aromatic carbocycles. The van der Waals surface area contributed by atoms with E-state index < -0.39 is 17.2 Å². The molecule has 0 aliphatic rings. The second kappa shape index (κ2) is 7.48. The van der Waals surface area contributed by atoms with Crippen LogP contribution >= 0.6 is 11.8 Å². The van der Waals surface area contributed by atoms with Crippen molar-refractivity contribution in [2.45, 2.75) is 31.2 Å². The molecule has 0 aliphatic heterocycles. The van der Waals surface area contributed by atoms with Crippen LogP contribution in [0, 0.1) is 12.8 Å². The Hall–Kier alpha value is -2.35. The minimum absolute atomic E-state index is 0.00652. The average Bonchev–Trinajstić information content (AvgIpc) is 2.85. The van der Waals surface area contributed by atoms with Gasteiger partial charge in [-0.1, -0.05) is 49.9 Å². The molecule has 2 rings (SSSR count). The summed E-state index contributed by atoms with van der Waals surface area (Å²) in [6.07, 6.45) is 0. The Balaban J connectivity index is 2.28. The van der Waals surface area contributed by atoms with Gasteiger partial charge in [-0.3, -0.25) is 10.1 Å². The first-order valence-corrected chi connectivity index (χ1v) is 8.41. The molecular formula is C16H21N5O2S. The lowest BCUT2D eigenvalue weighted by atomic mass is 10.1. The molecule has 1 heterocycles. The summed E-state index contributed by atoms with van der Waals surface area (Å²) in [5, 5.41) is 10.7. The second-order valence-electron chi connectivity index (χ2n) is 5.82. The van der Waals surface area contributed by atoms with Crippen LogP contribution in [0.3, 0.4) is 0 Å². The zero-order valence-corrected chi connectivity index (χ0v) is 14.9. The van der Waals surface area contributed by atoms with Gasteiger partial charge in [-0.15, -0.1) is 10.2 Å². The van der Waals surface area contributed by atoms with Gasteiger partial charge < -0.3 is 10.3 Å². The fourth-order valence-electron chi connectivity index (χ4n) is 2.27. The van der Waals surface area contributed by atoms with Crippen molar-refractivity contribution in [3.05, 3.63) is 29.8 Å². The maximum absolute atomic E-state index is 12.2. The molecule has 0 fully saturated rings. The average molecular weight is 347 g/mol. The number of urea groups is 1. The third-order valence-corrected chi connectivity index (χ3v) is 5.14. The number of thioether (sulfide) groups is 1. The van der Waals surface area contributed by atoms with Crippen molar-refractivity contribution < 1.29 is 9.59 Å². The molecule has 7 nitrogen and oxygen atoms in total. The van der Waals surface area contributed by atoms with E-state index in [1.807, 2.05) is 56.7 Å². The summed E-state index contributed by atoms with van der Waals surface area (Å²) in [4.78, 5) is 23.1. The summed E-state index contributed by atoms with van der Waals surface area (Å²) in [6.45, 7) is 5.81. The van der Waals surface area contributed by atoms with E-state index in [0.717, 1.165) is 17.0 Å². The molecule has 0 aliphatic carbocycles. The zero-order valence-electron chi connectivity index (χ0n) is 14.1. The minimum Gasteiger partial charge on any atom is -0.351 e. The van der Waals surface area contributed by atoms with Crippen molar-refractivity contribution in [2.75, 3.05) is 0 Å². The SMILES string of the molecule is Cc1ccccc1-c1nnc(S[C@@H](C(=O)NC(N)=O)C(C)C)n1C. The summed E-state index contributed by atoms with van der Waals surface area (Å²) in [6, 6.07) is 7.04. The van der Waals surface area contributed by atoms with Crippen LogP contribution in [0.25, 0.3) is 11.4 Å². The number of aromatic nitrogens is 3. The number of imide groups is 1. The highest BCUT2D eigenvalue weighted by Gasteiger charge is 2.27. The van der Waals surface area contributed by atoms with Gasteiger partial charge in [0.25, 0.3) is 0 Å². The van der Waals surface area contributed by atoms with Crippen LogP contribution in [0.1, 0.15) is 19.4 Å². The van der Waals surface area contributed by atoms with Crippen LogP contribution in [0.4, 0.5) is 4.79 Å². The number of rotatable bonds is 5. The van der Waals surface area contributed by atoms with Crippen molar-refractivity contribution in [1.82, 2.24) is 20.1 Å². The van der Waals surface area contributed by atoms with Gasteiger partial charge in [0.2, 0.25) is 5.91 Å². The van der Waals surface area contributed by atoms with Gasteiger partial charge in [0.1, 0.15) is 0 Å². The van der Waals surface area contributed by atoms with Crippen LogP contribution in [0.5, 0.6) is 0 Å². The quantitative estimate of drug-likeness (QED) is 0.806. The number of hydrogen-bond acceptors (Lipinski definition) is 5. The number of aryl methyl sites for hydroxylation is 1. The van der Waals surface area contributed by atoms with Crippen LogP contribution in [0.2, 0.25) is 0 Å². The first-order chi connectivity index (χ1) is 11.3. The van der Waals surface area contributed by atoms with Gasteiger partial charge in [-0.25, -0.2) is 4.79 Å². The highest BCUT2D eigenvalue weighted by atomic mass is 32.2. The third kappa shape index (κ3) is 3.94. The topological polar surface area (TPSA) is 103 Å². The van der Waals surface area contributed by atoms with Crippen molar-refractivity contribution in [3.8, 4) is 11.4 Å². The van der Waals surface area contributed by atoms with Gasteiger partial charge in [0.15, 0.2) is 11.0 Å². The van der Waals surface area contributed by atoms with Gasteiger partial charge in [-0.2, -0.15) is 0 Å². The number of primary amides is 1. The van der Waals surface area contributed by atoms with Gasteiger partial charge >= 0.3 is 6.03 Å². The first-order valence-electron chi connectivity index (χ1n) is 7.53. The molecule has 0 bridgehead atoms. The first kappa shape index (κ1) is 18.0. The molecule has 1 atom stereocenters. The van der Waals surface area contributed by atoms with E-state index in [4.69, 9.17) is 5.73 Å². The molecule has 2 aromatic rings. The Morgan fingerprint density at radius 3 is 2.50 bits per heavy atom. The summed E-state index contributed by atoms with van der Waals surface area (Å²) >= 11 is 1.26. The molecule has 0 unspecified atom stereocenters. The molecule has 24 heavy (non-hydrogen) atoms. The van der Waals surface area contributed by atoms with E-state index in [0.29, 0.717) is 5.16 Å². The summed E-state index contributed by atoms with van der Waals surface area (Å²) in [5.74, 6) is 0.296. The van der Waals surface area contributed by atoms with Gasteiger partial charge in [-0.05, 0) is 18.4 Å². The van der Waals surface area contributed by atoms with Crippen molar-refractivity contribution in [3.63, 3.8) is 0 Å². The number of nitrogens with one attached hydrogen (secondary N) is 1. The fraction of sp³-hybridized carbons (Fsp3) is 0.375. The Bertz CT molecular complexity index is 757. The molecule has 0 radical (unpaired) electrons. The summed E-state index contributed by atoms with van der Waals surface area (Å²) in [7, 11) is 1.85. The number of nitrogens with two attached hydrogens (primary N) is 1. The fourth-order valence-corrected chi connectivity index (χ4v) is 3.27. The monoisotopic (exact) mass is 347 g/mol. The van der Waals surface area contributed by atoms with E-state index in [-0.39, 0.29) is 5.92 Å².